The Balaban J connectivity index is 2.09. The van der Waals surface area contributed by atoms with Gasteiger partial charge in [0.15, 0.2) is 5.82 Å². The van der Waals surface area contributed by atoms with Gasteiger partial charge < -0.3 is 9.73 Å². The van der Waals surface area contributed by atoms with Crippen molar-refractivity contribution < 1.29 is 4.42 Å². The second-order valence-corrected chi connectivity index (χ2v) is 3.19. The molecule has 1 unspecified atom stereocenters. The van der Waals surface area contributed by atoms with Gasteiger partial charge in [-0.3, -0.25) is 5.32 Å². The molecule has 0 fully saturated rings. The zero-order valence-electron chi connectivity index (χ0n) is 9.01. The minimum Gasteiger partial charge on any atom is -0.406 e. The monoisotopic (exact) mass is 220 g/mol. The maximum Gasteiger partial charge on any atom is 0.321 e. The van der Waals surface area contributed by atoms with E-state index < -0.39 is 0 Å². The molecule has 16 heavy (non-hydrogen) atoms. The average molecular weight is 220 g/mol. The molecular weight excluding hydrogens is 208 g/mol. The van der Waals surface area contributed by atoms with Gasteiger partial charge in [0.1, 0.15) is 0 Å². The molecule has 2 aromatic rings. The summed E-state index contributed by atoms with van der Waals surface area (Å²) < 4.78 is 5.38. The van der Waals surface area contributed by atoms with Crippen LogP contribution in [0, 0.1) is 0 Å². The summed E-state index contributed by atoms with van der Waals surface area (Å²) in [5.74, 6) is 1.09. The number of nitrogens with one attached hydrogen (secondary N) is 2. The molecule has 2 N–H and O–H groups in total. The Morgan fingerprint density at radius 2 is 2.19 bits per heavy atom. The van der Waals surface area contributed by atoms with Crippen molar-refractivity contribution in [1.82, 2.24) is 25.7 Å². The highest BCUT2D eigenvalue weighted by atomic mass is 16.4. The highest BCUT2D eigenvalue weighted by Crippen LogP contribution is 2.15. The highest BCUT2D eigenvalue weighted by Gasteiger charge is 2.11. The quantitative estimate of drug-likeness (QED) is 0.790. The SMILES string of the molecule is CNC(C)c1nnc(Nc2cccnn2)o1. The largest absolute Gasteiger partial charge is 0.406 e. The molecule has 0 bridgehead atoms. The smallest absolute Gasteiger partial charge is 0.321 e. The molecule has 2 heterocycles. The molecule has 0 saturated carbocycles. The third-order valence-electron chi connectivity index (χ3n) is 2.05. The average Bonchev–Trinajstić information content (AvgIpc) is 2.78. The van der Waals surface area contributed by atoms with Crippen molar-refractivity contribution in [1.29, 1.82) is 0 Å². The Kier molecular flexibility index (Phi) is 3.06. The number of aromatic nitrogens is 4. The van der Waals surface area contributed by atoms with Crippen LogP contribution in [0.1, 0.15) is 18.9 Å². The Morgan fingerprint density at radius 1 is 1.31 bits per heavy atom. The molecule has 2 aromatic heterocycles. The van der Waals surface area contributed by atoms with Crippen LogP contribution in [0.5, 0.6) is 0 Å². The summed E-state index contributed by atoms with van der Waals surface area (Å²) in [5.41, 5.74) is 0. The summed E-state index contributed by atoms with van der Waals surface area (Å²) in [6.45, 7) is 1.93. The van der Waals surface area contributed by atoms with Gasteiger partial charge in [0.25, 0.3) is 0 Å². The zero-order valence-corrected chi connectivity index (χ0v) is 9.01. The Labute approximate surface area is 92.3 Å². The normalized spacial score (nSPS) is 12.4. The van der Waals surface area contributed by atoms with Crippen molar-refractivity contribution in [3.63, 3.8) is 0 Å². The minimum atomic E-state index is 0.0184. The van der Waals surface area contributed by atoms with Gasteiger partial charge in [-0.1, -0.05) is 5.10 Å². The van der Waals surface area contributed by atoms with Crippen LogP contribution in [0.2, 0.25) is 0 Å². The lowest BCUT2D eigenvalue weighted by Gasteiger charge is -2.02. The lowest BCUT2D eigenvalue weighted by Crippen LogP contribution is -2.12. The van der Waals surface area contributed by atoms with Gasteiger partial charge >= 0.3 is 6.01 Å². The minimum absolute atomic E-state index is 0.0184. The molecule has 7 nitrogen and oxygen atoms in total. The second-order valence-electron chi connectivity index (χ2n) is 3.19. The number of anilines is 2. The molecule has 0 aromatic carbocycles. The summed E-state index contributed by atoms with van der Waals surface area (Å²) in [5, 5.41) is 21.2. The molecule has 0 spiro atoms. The topological polar surface area (TPSA) is 88.8 Å². The molecule has 0 saturated heterocycles. The molecule has 2 rings (SSSR count). The van der Waals surface area contributed by atoms with Crippen molar-refractivity contribution in [2.45, 2.75) is 13.0 Å². The van der Waals surface area contributed by atoms with Gasteiger partial charge in [0.2, 0.25) is 5.89 Å². The fourth-order valence-electron chi connectivity index (χ4n) is 1.06. The van der Waals surface area contributed by atoms with Gasteiger partial charge in [0.05, 0.1) is 6.04 Å². The van der Waals surface area contributed by atoms with Crippen molar-refractivity contribution in [2.75, 3.05) is 12.4 Å². The maximum absolute atomic E-state index is 5.38. The van der Waals surface area contributed by atoms with E-state index in [1.165, 1.54) is 0 Å². The van der Waals surface area contributed by atoms with Crippen LogP contribution in [-0.2, 0) is 0 Å². The molecule has 0 amide bonds. The number of hydrogen-bond acceptors (Lipinski definition) is 7. The van der Waals surface area contributed by atoms with Crippen LogP contribution in [0.3, 0.4) is 0 Å². The van der Waals surface area contributed by atoms with Crippen LogP contribution < -0.4 is 10.6 Å². The maximum atomic E-state index is 5.38. The van der Waals surface area contributed by atoms with Gasteiger partial charge in [-0.05, 0) is 26.1 Å². The summed E-state index contributed by atoms with van der Waals surface area (Å²) in [6, 6.07) is 3.85. The van der Waals surface area contributed by atoms with Crippen molar-refractivity contribution >= 4 is 11.8 Å². The van der Waals surface area contributed by atoms with E-state index in [0.29, 0.717) is 17.7 Å². The summed E-state index contributed by atoms with van der Waals surface area (Å²) in [7, 11) is 1.82. The number of nitrogens with zero attached hydrogens (tertiary/aromatic N) is 4. The number of rotatable bonds is 4. The summed E-state index contributed by atoms with van der Waals surface area (Å²) in [6.07, 6.45) is 1.59. The summed E-state index contributed by atoms with van der Waals surface area (Å²) in [4.78, 5) is 0. The molecular formula is C9H12N6O. The molecule has 0 radical (unpaired) electrons. The molecule has 0 aliphatic heterocycles. The van der Waals surface area contributed by atoms with Gasteiger partial charge in [-0.15, -0.1) is 10.2 Å². The highest BCUT2D eigenvalue weighted by molar-refractivity contribution is 5.43. The first-order chi connectivity index (χ1) is 7.79. The first kappa shape index (κ1) is 10.5. The molecule has 1 atom stereocenters. The van der Waals surface area contributed by atoms with E-state index in [1.807, 2.05) is 14.0 Å². The van der Waals surface area contributed by atoms with E-state index in [0.717, 1.165) is 0 Å². The third kappa shape index (κ3) is 2.31. The second kappa shape index (κ2) is 4.67. The van der Waals surface area contributed by atoms with Gasteiger partial charge in [0, 0.05) is 6.20 Å². The number of hydrogen-bond donors (Lipinski definition) is 2. The van der Waals surface area contributed by atoms with E-state index in [2.05, 4.69) is 31.0 Å². The first-order valence-electron chi connectivity index (χ1n) is 4.85. The van der Waals surface area contributed by atoms with Crippen LogP contribution in [0.25, 0.3) is 0 Å². The third-order valence-corrected chi connectivity index (χ3v) is 2.05. The van der Waals surface area contributed by atoms with Crippen LogP contribution in [0.4, 0.5) is 11.8 Å². The van der Waals surface area contributed by atoms with E-state index in [-0.39, 0.29) is 6.04 Å². The molecule has 0 aliphatic rings. The van der Waals surface area contributed by atoms with Crippen LogP contribution in [-0.4, -0.2) is 27.4 Å². The van der Waals surface area contributed by atoms with E-state index in [1.54, 1.807) is 18.3 Å². The Bertz CT molecular complexity index is 442. The van der Waals surface area contributed by atoms with E-state index >= 15 is 0 Å². The molecule has 84 valence electrons. The first-order valence-corrected chi connectivity index (χ1v) is 4.85. The van der Waals surface area contributed by atoms with Crippen molar-refractivity contribution in [2.24, 2.45) is 0 Å². The van der Waals surface area contributed by atoms with Crippen molar-refractivity contribution in [3.05, 3.63) is 24.2 Å². The lowest BCUT2D eigenvalue weighted by molar-refractivity contribution is 0.443. The predicted molar refractivity (Wildman–Crippen MR) is 57.1 cm³/mol. The van der Waals surface area contributed by atoms with E-state index in [9.17, 15) is 0 Å². The van der Waals surface area contributed by atoms with Crippen LogP contribution >= 0.6 is 0 Å². The fourth-order valence-corrected chi connectivity index (χ4v) is 1.06. The standard InChI is InChI=1S/C9H12N6O/c1-6(10-2)8-14-15-9(16-8)12-7-4-3-5-11-13-7/h3-6,10H,1-2H3,(H,12,13,15). The van der Waals surface area contributed by atoms with Crippen molar-refractivity contribution in [3.8, 4) is 0 Å². The fraction of sp³-hybridized carbons (Fsp3) is 0.333. The molecule has 0 aliphatic carbocycles. The lowest BCUT2D eigenvalue weighted by atomic mass is 10.3. The van der Waals surface area contributed by atoms with Crippen LogP contribution in [0.15, 0.2) is 22.7 Å². The van der Waals surface area contributed by atoms with E-state index in [4.69, 9.17) is 4.42 Å². The van der Waals surface area contributed by atoms with Gasteiger partial charge in [-0.2, -0.15) is 5.10 Å². The predicted octanol–water partition coefficient (Wildman–Crippen LogP) is 0.884. The Hall–Kier alpha value is -2.02. The summed E-state index contributed by atoms with van der Waals surface area (Å²) >= 11 is 0. The van der Waals surface area contributed by atoms with Gasteiger partial charge in [-0.25, -0.2) is 0 Å². The Morgan fingerprint density at radius 3 is 2.88 bits per heavy atom. The molecule has 7 heteroatoms. The zero-order chi connectivity index (χ0) is 11.4.